The van der Waals surface area contributed by atoms with Gasteiger partial charge >= 0.3 is 11.9 Å². The molecule has 0 bridgehead atoms. The van der Waals surface area contributed by atoms with Crippen molar-refractivity contribution in [3.05, 3.63) is 46.3 Å². The first kappa shape index (κ1) is 14.3. The second-order valence-corrected chi connectivity index (χ2v) is 5.12. The number of cyclic esters (lactones) is 2. The fourth-order valence-corrected chi connectivity index (χ4v) is 2.63. The van der Waals surface area contributed by atoms with Gasteiger partial charge in [-0.15, -0.1) is 0 Å². The summed E-state index contributed by atoms with van der Waals surface area (Å²) in [5.41, 5.74) is 4.09. The zero-order valence-corrected chi connectivity index (χ0v) is 12.5. The minimum atomic E-state index is -0.612. The van der Waals surface area contributed by atoms with E-state index in [2.05, 4.69) is 0 Å². The molecule has 2 heterocycles. The second kappa shape index (κ2) is 5.12. The molecule has 1 aliphatic heterocycles. The minimum Gasteiger partial charge on any atom is -0.389 e. The van der Waals surface area contributed by atoms with E-state index in [1.165, 1.54) is 0 Å². The number of hydrogen-bond donors (Lipinski definition) is 0. The summed E-state index contributed by atoms with van der Waals surface area (Å²) in [5, 5.41) is 0. The Bertz CT molecular complexity index is 647. The van der Waals surface area contributed by atoms with Gasteiger partial charge in [-0.2, -0.15) is 0 Å². The van der Waals surface area contributed by atoms with Crippen LogP contribution in [-0.4, -0.2) is 16.5 Å². The van der Waals surface area contributed by atoms with Crippen LogP contribution in [0, 0.1) is 13.8 Å². The number of rotatable bonds is 2. The van der Waals surface area contributed by atoms with Crippen molar-refractivity contribution in [2.24, 2.45) is 7.05 Å². The molecule has 1 aromatic heterocycles. The molecule has 1 saturated heterocycles. The monoisotopic (exact) mass is 273 g/mol. The van der Waals surface area contributed by atoms with E-state index in [0.717, 1.165) is 22.5 Å². The standard InChI is InChI=1S/C16H19NO3/c1-6-7-9(2)13-14(16(19)20-15(13)18)12-8-10(3)17(5)11(12)4/h6-8,14H,1-5H3/b7-6?,13-9+. The molecule has 1 aromatic rings. The zero-order valence-electron chi connectivity index (χ0n) is 12.5. The molecular weight excluding hydrogens is 254 g/mol. The predicted octanol–water partition coefficient (Wildman–Crippen LogP) is 2.70. The Morgan fingerprint density at radius 2 is 2.00 bits per heavy atom. The average molecular weight is 273 g/mol. The first-order chi connectivity index (χ1) is 9.38. The lowest BCUT2D eigenvalue weighted by Crippen LogP contribution is -2.09. The van der Waals surface area contributed by atoms with Crippen LogP contribution in [0.3, 0.4) is 0 Å². The number of aromatic nitrogens is 1. The number of hydrogen-bond acceptors (Lipinski definition) is 3. The Hall–Kier alpha value is -2.10. The summed E-state index contributed by atoms with van der Waals surface area (Å²) in [4.78, 5) is 24.0. The molecule has 1 atom stereocenters. The number of ether oxygens (including phenoxy) is 1. The highest BCUT2D eigenvalue weighted by molar-refractivity contribution is 6.11. The maximum Gasteiger partial charge on any atom is 0.343 e. The van der Waals surface area contributed by atoms with E-state index in [4.69, 9.17) is 4.74 Å². The Labute approximate surface area is 118 Å². The van der Waals surface area contributed by atoms with Crippen molar-refractivity contribution in [2.75, 3.05) is 0 Å². The normalized spacial score (nSPS) is 21.8. The van der Waals surface area contributed by atoms with Crippen LogP contribution in [0.2, 0.25) is 0 Å². The van der Waals surface area contributed by atoms with Gasteiger partial charge < -0.3 is 9.30 Å². The molecule has 1 fully saturated rings. The summed E-state index contributed by atoms with van der Waals surface area (Å²) in [5.74, 6) is -1.63. The van der Waals surface area contributed by atoms with Gasteiger partial charge in [0, 0.05) is 18.4 Å². The summed E-state index contributed by atoms with van der Waals surface area (Å²) < 4.78 is 6.84. The third kappa shape index (κ3) is 2.11. The van der Waals surface area contributed by atoms with E-state index in [0.29, 0.717) is 5.57 Å². The summed E-state index contributed by atoms with van der Waals surface area (Å²) in [6.45, 7) is 7.62. The minimum absolute atomic E-state index is 0.446. The van der Waals surface area contributed by atoms with Gasteiger partial charge in [-0.3, -0.25) is 4.79 Å². The predicted molar refractivity (Wildman–Crippen MR) is 76.2 cm³/mol. The number of carbonyl (C=O) groups excluding carboxylic acids is 2. The van der Waals surface area contributed by atoms with Crippen LogP contribution in [-0.2, 0) is 21.4 Å². The average Bonchev–Trinajstić information content (AvgIpc) is 2.80. The topological polar surface area (TPSA) is 48.3 Å². The van der Waals surface area contributed by atoms with Gasteiger partial charge in [0.05, 0.1) is 5.57 Å². The molecule has 0 aliphatic carbocycles. The van der Waals surface area contributed by atoms with E-state index in [1.54, 1.807) is 0 Å². The van der Waals surface area contributed by atoms with Crippen molar-refractivity contribution in [2.45, 2.75) is 33.6 Å². The molecule has 0 radical (unpaired) electrons. The maximum atomic E-state index is 12.1. The third-order valence-corrected chi connectivity index (χ3v) is 3.90. The Balaban J connectivity index is 2.63. The zero-order chi connectivity index (χ0) is 15.0. The van der Waals surface area contributed by atoms with Crippen molar-refractivity contribution >= 4 is 11.9 Å². The molecule has 1 aliphatic rings. The van der Waals surface area contributed by atoms with Crippen molar-refractivity contribution in [3.8, 4) is 0 Å². The highest BCUT2D eigenvalue weighted by Crippen LogP contribution is 2.37. The molecule has 0 N–H and O–H groups in total. The molecule has 0 spiro atoms. The molecule has 106 valence electrons. The number of allylic oxidation sites excluding steroid dienone is 3. The van der Waals surface area contributed by atoms with Gasteiger partial charge in [0.15, 0.2) is 0 Å². The van der Waals surface area contributed by atoms with E-state index in [9.17, 15) is 9.59 Å². The molecule has 4 heteroatoms. The van der Waals surface area contributed by atoms with Crippen LogP contribution in [0.1, 0.15) is 36.7 Å². The van der Waals surface area contributed by atoms with Crippen LogP contribution in [0.5, 0.6) is 0 Å². The van der Waals surface area contributed by atoms with Gasteiger partial charge in [-0.1, -0.05) is 12.2 Å². The molecule has 4 nitrogen and oxygen atoms in total. The second-order valence-electron chi connectivity index (χ2n) is 5.12. The van der Waals surface area contributed by atoms with E-state index in [1.807, 2.05) is 57.5 Å². The van der Waals surface area contributed by atoms with Crippen LogP contribution in [0.4, 0.5) is 0 Å². The molecule has 20 heavy (non-hydrogen) atoms. The van der Waals surface area contributed by atoms with E-state index >= 15 is 0 Å². The smallest absolute Gasteiger partial charge is 0.343 e. The first-order valence-electron chi connectivity index (χ1n) is 6.60. The Morgan fingerprint density at radius 1 is 1.35 bits per heavy atom. The molecular formula is C16H19NO3. The lowest BCUT2D eigenvalue weighted by Gasteiger charge is -2.09. The number of esters is 2. The molecule has 0 saturated carbocycles. The van der Waals surface area contributed by atoms with Crippen LogP contribution in [0.15, 0.2) is 29.4 Å². The van der Waals surface area contributed by atoms with Crippen molar-refractivity contribution in [1.29, 1.82) is 0 Å². The number of carbonyl (C=O) groups is 2. The van der Waals surface area contributed by atoms with Crippen LogP contribution < -0.4 is 0 Å². The lowest BCUT2D eigenvalue weighted by atomic mass is 9.90. The summed E-state index contributed by atoms with van der Waals surface area (Å²) in [6, 6.07) is 1.95. The Kier molecular flexibility index (Phi) is 3.66. The van der Waals surface area contributed by atoms with Gasteiger partial charge in [-0.05, 0) is 44.9 Å². The van der Waals surface area contributed by atoms with Gasteiger partial charge in [0.25, 0.3) is 0 Å². The lowest BCUT2D eigenvalue weighted by molar-refractivity contribution is -0.151. The SMILES string of the molecule is CC=C/C(C)=C1/C(=O)OC(=O)C1c1cc(C)n(C)c1C. The van der Waals surface area contributed by atoms with Crippen molar-refractivity contribution in [1.82, 2.24) is 4.57 Å². The third-order valence-electron chi connectivity index (χ3n) is 3.90. The summed E-state index contributed by atoms with van der Waals surface area (Å²) in [7, 11) is 1.94. The van der Waals surface area contributed by atoms with E-state index in [-0.39, 0.29) is 0 Å². The quantitative estimate of drug-likeness (QED) is 0.473. The van der Waals surface area contributed by atoms with Crippen LogP contribution in [0.25, 0.3) is 0 Å². The maximum absolute atomic E-state index is 12.1. The summed E-state index contributed by atoms with van der Waals surface area (Å²) in [6.07, 6.45) is 3.67. The fourth-order valence-electron chi connectivity index (χ4n) is 2.63. The molecule has 0 aromatic carbocycles. The number of aryl methyl sites for hydroxylation is 1. The molecule has 2 rings (SSSR count). The highest BCUT2D eigenvalue weighted by Gasteiger charge is 2.42. The summed E-state index contributed by atoms with van der Waals surface area (Å²) >= 11 is 0. The highest BCUT2D eigenvalue weighted by atomic mass is 16.6. The van der Waals surface area contributed by atoms with Crippen molar-refractivity contribution < 1.29 is 14.3 Å². The van der Waals surface area contributed by atoms with Crippen molar-refractivity contribution in [3.63, 3.8) is 0 Å². The van der Waals surface area contributed by atoms with Gasteiger partial charge in [-0.25, -0.2) is 4.79 Å². The van der Waals surface area contributed by atoms with Gasteiger partial charge in [0.2, 0.25) is 0 Å². The molecule has 1 unspecified atom stereocenters. The first-order valence-corrected chi connectivity index (χ1v) is 6.60. The van der Waals surface area contributed by atoms with Crippen LogP contribution >= 0.6 is 0 Å². The Morgan fingerprint density at radius 3 is 2.50 bits per heavy atom. The number of nitrogens with zero attached hydrogens (tertiary/aromatic N) is 1. The van der Waals surface area contributed by atoms with E-state index < -0.39 is 17.9 Å². The molecule has 0 amide bonds. The van der Waals surface area contributed by atoms with Gasteiger partial charge in [0.1, 0.15) is 5.92 Å². The largest absolute Gasteiger partial charge is 0.389 e. The fraction of sp³-hybridized carbons (Fsp3) is 0.375.